The topological polar surface area (TPSA) is 43.1 Å². The van der Waals surface area contributed by atoms with E-state index in [1.807, 2.05) is 43.3 Å². The number of aromatic nitrogens is 1. The number of hydrogen-bond donors (Lipinski definition) is 0. The van der Waals surface area contributed by atoms with Crippen LogP contribution < -0.4 is 0 Å². The second kappa shape index (κ2) is 6.63. The maximum Gasteiger partial charge on any atom is 0.226 e. The maximum absolute atomic E-state index is 12.1. The lowest BCUT2D eigenvalue weighted by atomic mass is 10.1. The van der Waals surface area contributed by atoms with Crippen molar-refractivity contribution in [1.29, 1.82) is 0 Å². The van der Waals surface area contributed by atoms with Gasteiger partial charge < -0.3 is 4.42 Å². The van der Waals surface area contributed by atoms with Crippen LogP contribution in [0, 0.1) is 6.92 Å². The molecule has 23 heavy (non-hydrogen) atoms. The Kier molecular flexibility index (Phi) is 4.40. The van der Waals surface area contributed by atoms with Crippen LogP contribution in [0.4, 0.5) is 0 Å². The number of aryl methyl sites for hydroxylation is 1. The van der Waals surface area contributed by atoms with Crippen LogP contribution in [-0.4, -0.2) is 10.8 Å². The van der Waals surface area contributed by atoms with E-state index in [0.717, 1.165) is 11.1 Å². The fourth-order valence-electron chi connectivity index (χ4n) is 2.06. The van der Waals surface area contributed by atoms with Crippen molar-refractivity contribution >= 4 is 23.5 Å². The van der Waals surface area contributed by atoms with Gasteiger partial charge >= 0.3 is 0 Å². The van der Waals surface area contributed by atoms with Crippen molar-refractivity contribution in [2.45, 2.75) is 6.92 Å². The first-order chi connectivity index (χ1) is 11.1. The largest absolute Gasteiger partial charge is 0.444 e. The molecule has 3 aromatic rings. The summed E-state index contributed by atoms with van der Waals surface area (Å²) in [5.74, 6) is 0.421. The molecule has 114 valence electrons. The van der Waals surface area contributed by atoms with E-state index in [9.17, 15) is 4.79 Å². The number of hydrogen-bond acceptors (Lipinski definition) is 3. The summed E-state index contributed by atoms with van der Waals surface area (Å²) < 4.78 is 5.43. The lowest BCUT2D eigenvalue weighted by Gasteiger charge is -1.96. The van der Waals surface area contributed by atoms with E-state index < -0.39 is 0 Å². The molecule has 3 nitrogen and oxygen atoms in total. The standard InChI is InChI=1S/C19H14ClNO2/c1-13-2-4-14(5-3-13)18(22)11-10-17-12-23-19(21-17)15-6-8-16(20)9-7-15/h2-12H,1H3/b11-10+. The Morgan fingerprint density at radius 1 is 1.09 bits per heavy atom. The zero-order valence-corrected chi connectivity index (χ0v) is 13.2. The number of carbonyl (C=O) groups is 1. The number of oxazole rings is 1. The first-order valence-electron chi connectivity index (χ1n) is 7.12. The highest BCUT2D eigenvalue weighted by molar-refractivity contribution is 6.30. The van der Waals surface area contributed by atoms with Gasteiger partial charge in [-0.2, -0.15) is 0 Å². The first-order valence-corrected chi connectivity index (χ1v) is 7.50. The quantitative estimate of drug-likeness (QED) is 0.489. The molecule has 0 aliphatic heterocycles. The highest BCUT2D eigenvalue weighted by Gasteiger charge is 2.06. The summed E-state index contributed by atoms with van der Waals surface area (Å²) in [6.07, 6.45) is 4.65. The van der Waals surface area contributed by atoms with Gasteiger partial charge in [-0.05, 0) is 43.3 Å². The highest BCUT2D eigenvalue weighted by Crippen LogP contribution is 2.21. The molecule has 0 radical (unpaired) electrons. The van der Waals surface area contributed by atoms with Crippen molar-refractivity contribution in [1.82, 2.24) is 4.98 Å². The van der Waals surface area contributed by atoms with E-state index in [-0.39, 0.29) is 5.78 Å². The number of benzene rings is 2. The molecule has 0 aliphatic carbocycles. The maximum atomic E-state index is 12.1. The molecule has 0 N–H and O–H groups in total. The third-order valence-electron chi connectivity index (χ3n) is 3.35. The van der Waals surface area contributed by atoms with E-state index in [1.165, 1.54) is 12.3 Å². The molecule has 0 amide bonds. The summed E-state index contributed by atoms with van der Waals surface area (Å²) >= 11 is 5.86. The average Bonchev–Trinajstić information content (AvgIpc) is 3.03. The molecule has 3 rings (SSSR count). The second-order valence-corrected chi connectivity index (χ2v) is 5.58. The number of nitrogens with zero attached hydrogens (tertiary/aromatic N) is 1. The summed E-state index contributed by atoms with van der Waals surface area (Å²) in [6.45, 7) is 1.98. The van der Waals surface area contributed by atoms with Gasteiger partial charge in [-0.1, -0.05) is 41.4 Å². The van der Waals surface area contributed by atoms with Crippen LogP contribution in [-0.2, 0) is 0 Å². The first kappa shape index (κ1) is 15.3. The summed E-state index contributed by atoms with van der Waals surface area (Å²) in [5, 5.41) is 0.657. The Morgan fingerprint density at radius 3 is 2.48 bits per heavy atom. The number of rotatable bonds is 4. The van der Waals surface area contributed by atoms with Crippen LogP contribution in [0.25, 0.3) is 17.5 Å². The molecule has 0 saturated carbocycles. The molecular weight excluding hydrogens is 310 g/mol. The predicted octanol–water partition coefficient (Wildman–Crippen LogP) is 5.20. The Hall–Kier alpha value is -2.65. The van der Waals surface area contributed by atoms with Gasteiger partial charge in [-0.15, -0.1) is 0 Å². The van der Waals surface area contributed by atoms with Crippen LogP contribution in [0.1, 0.15) is 21.6 Å². The molecule has 0 unspecified atom stereocenters. The fraction of sp³-hybridized carbons (Fsp3) is 0.0526. The van der Waals surface area contributed by atoms with Gasteiger partial charge in [0.05, 0.1) is 0 Å². The molecule has 2 aromatic carbocycles. The fourth-order valence-corrected chi connectivity index (χ4v) is 2.19. The van der Waals surface area contributed by atoms with Gasteiger partial charge in [0.1, 0.15) is 12.0 Å². The SMILES string of the molecule is Cc1ccc(C(=O)/C=C/c2coc(-c3ccc(Cl)cc3)n2)cc1. The van der Waals surface area contributed by atoms with Gasteiger partial charge in [0.2, 0.25) is 5.89 Å². The summed E-state index contributed by atoms with van der Waals surface area (Å²) in [4.78, 5) is 16.4. The number of carbonyl (C=O) groups excluding carboxylic acids is 1. The van der Waals surface area contributed by atoms with Crippen LogP contribution in [0.2, 0.25) is 5.02 Å². The highest BCUT2D eigenvalue weighted by atomic mass is 35.5. The van der Waals surface area contributed by atoms with Gasteiger partial charge in [-0.3, -0.25) is 4.79 Å². The number of ketones is 1. The average molecular weight is 324 g/mol. The van der Waals surface area contributed by atoms with Crippen LogP contribution in [0.5, 0.6) is 0 Å². The molecule has 1 aromatic heterocycles. The molecule has 1 heterocycles. The smallest absolute Gasteiger partial charge is 0.226 e. The molecule has 0 atom stereocenters. The minimum atomic E-state index is -0.0685. The van der Waals surface area contributed by atoms with E-state index in [1.54, 1.807) is 18.2 Å². The lowest BCUT2D eigenvalue weighted by Crippen LogP contribution is -1.93. The van der Waals surface area contributed by atoms with Crippen LogP contribution >= 0.6 is 11.6 Å². The zero-order valence-electron chi connectivity index (χ0n) is 12.5. The van der Waals surface area contributed by atoms with Gasteiger partial charge in [0.25, 0.3) is 0 Å². The molecular formula is C19H14ClNO2. The third-order valence-corrected chi connectivity index (χ3v) is 3.61. The number of halogens is 1. The predicted molar refractivity (Wildman–Crippen MR) is 91.5 cm³/mol. The van der Waals surface area contributed by atoms with Gasteiger partial charge in [0, 0.05) is 16.1 Å². The van der Waals surface area contributed by atoms with Crippen molar-refractivity contribution < 1.29 is 9.21 Å². The van der Waals surface area contributed by atoms with Crippen molar-refractivity contribution in [3.63, 3.8) is 0 Å². The summed E-state index contributed by atoms with van der Waals surface area (Å²) in [5.41, 5.74) is 3.19. The minimum Gasteiger partial charge on any atom is -0.444 e. The molecule has 0 saturated heterocycles. The van der Waals surface area contributed by atoms with E-state index in [2.05, 4.69) is 4.98 Å². The Bertz CT molecular complexity index is 846. The van der Waals surface area contributed by atoms with E-state index in [0.29, 0.717) is 22.2 Å². The summed E-state index contributed by atoms with van der Waals surface area (Å²) in [7, 11) is 0. The monoisotopic (exact) mass is 323 g/mol. The molecule has 0 aliphatic rings. The second-order valence-electron chi connectivity index (χ2n) is 5.15. The van der Waals surface area contributed by atoms with Crippen LogP contribution in [0.15, 0.2) is 65.3 Å². The minimum absolute atomic E-state index is 0.0685. The lowest BCUT2D eigenvalue weighted by molar-refractivity contribution is 0.104. The normalized spacial score (nSPS) is 11.0. The Labute approximate surface area is 139 Å². The summed E-state index contributed by atoms with van der Waals surface area (Å²) in [6, 6.07) is 14.7. The van der Waals surface area contributed by atoms with Gasteiger partial charge in [-0.25, -0.2) is 4.98 Å². The number of allylic oxidation sites excluding steroid dienone is 1. The van der Waals surface area contributed by atoms with Crippen molar-refractivity contribution in [2.75, 3.05) is 0 Å². The van der Waals surface area contributed by atoms with Crippen molar-refractivity contribution in [2.24, 2.45) is 0 Å². The molecule has 4 heteroatoms. The van der Waals surface area contributed by atoms with Gasteiger partial charge in [0.15, 0.2) is 5.78 Å². The van der Waals surface area contributed by atoms with E-state index in [4.69, 9.17) is 16.0 Å². The zero-order chi connectivity index (χ0) is 16.2. The van der Waals surface area contributed by atoms with Crippen molar-refractivity contribution in [3.8, 4) is 11.5 Å². The Morgan fingerprint density at radius 2 is 1.78 bits per heavy atom. The third kappa shape index (κ3) is 3.76. The van der Waals surface area contributed by atoms with Crippen LogP contribution in [0.3, 0.4) is 0 Å². The van der Waals surface area contributed by atoms with E-state index >= 15 is 0 Å². The molecule has 0 spiro atoms. The van der Waals surface area contributed by atoms with Crippen molar-refractivity contribution in [3.05, 3.63) is 82.7 Å². The Balaban J connectivity index is 1.74. The molecule has 0 bridgehead atoms. The molecule has 0 fully saturated rings.